The van der Waals surface area contributed by atoms with E-state index in [4.69, 9.17) is 28.4 Å². The van der Waals surface area contributed by atoms with E-state index in [1.165, 1.54) is 34.5 Å². The van der Waals surface area contributed by atoms with Crippen molar-refractivity contribution in [1.29, 1.82) is 0 Å². The Labute approximate surface area is 191 Å². The van der Waals surface area contributed by atoms with E-state index >= 15 is 0 Å². The van der Waals surface area contributed by atoms with Gasteiger partial charge in [0, 0.05) is 12.1 Å². The highest BCUT2D eigenvalue weighted by Gasteiger charge is 2.16. The third-order valence-corrected chi connectivity index (χ3v) is 4.73. The van der Waals surface area contributed by atoms with Gasteiger partial charge in [0.25, 0.3) is 0 Å². The van der Waals surface area contributed by atoms with E-state index < -0.39 is 11.9 Å². The van der Waals surface area contributed by atoms with Crippen LogP contribution in [-0.4, -0.2) is 40.4 Å². The van der Waals surface area contributed by atoms with Crippen molar-refractivity contribution < 1.29 is 38.0 Å². The van der Waals surface area contributed by atoms with Crippen molar-refractivity contribution >= 4 is 11.9 Å². The first-order valence-electron chi connectivity index (χ1n) is 9.88. The van der Waals surface area contributed by atoms with Crippen molar-refractivity contribution in [3.8, 4) is 34.5 Å². The summed E-state index contributed by atoms with van der Waals surface area (Å²) in [7, 11) is 5.98. The lowest BCUT2D eigenvalue weighted by Crippen LogP contribution is -2.11. The number of hydrogen-bond acceptors (Lipinski definition) is 8. The number of rotatable bonds is 8. The van der Waals surface area contributed by atoms with Gasteiger partial charge < -0.3 is 28.4 Å². The van der Waals surface area contributed by atoms with Gasteiger partial charge in [0.2, 0.25) is 0 Å². The van der Waals surface area contributed by atoms with Crippen molar-refractivity contribution in [1.82, 2.24) is 0 Å². The molecule has 3 aromatic rings. The van der Waals surface area contributed by atoms with Crippen LogP contribution in [0.3, 0.4) is 0 Å². The zero-order chi connectivity index (χ0) is 24.0. The van der Waals surface area contributed by atoms with Gasteiger partial charge in [-0.15, -0.1) is 0 Å². The number of aryl methyl sites for hydroxylation is 1. The van der Waals surface area contributed by atoms with Gasteiger partial charge in [-0.2, -0.15) is 0 Å². The summed E-state index contributed by atoms with van der Waals surface area (Å²) in [5.41, 5.74) is 1.14. The molecule has 0 radical (unpaired) electrons. The highest BCUT2D eigenvalue weighted by molar-refractivity contribution is 5.93. The minimum atomic E-state index is -0.583. The Balaban J connectivity index is 1.75. The topological polar surface area (TPSA) is 89.5 Å². The molecule has 33 heavy (non-hydrogen) atoms. The van der Waals surface area contributed by atoms with E-state index in [0.29, 0.717) is 40.1 Å². The van der Waals surface area contributed by atoms with E-state index in [1.54, 1.807) is 55.5 Å². The molecule has 0 aliphatic carbocycles. The van der Waals surface area contributed by atoms with Gasteiger partial charge in [0.15, 0.2) is 0 Å². The van der Waals surface area contributed by atoms with Gasteiger partial charge in [0.1, 0.15) is 34.5 Å². The average molecular weight is 452 g/mol. The van der Waals surface area contributed by atoms with Gasteiger partial charge in [-0.25, -0.2) is 9.59 Å². The predicted octanol–water partition coefficient (Wildman–Crippen LogP) is 4.47. The van der Waals surface area contributed by atoms with Crippen LogP contribution in [0.2, 0.25) is 0 Å². The number of carbonyl (C=O) groups excluding carboxylic acids is 2. The average Bonchev–Trinajstić information content (AvgIpc) is 2.84. The van der Waals surface area contributed by atoms with Crippen molar-refractivity contribution in [2.75, 3.05) is 28.4 Å². The van der Waals surface area contributed by atoms with Crippen LogP contribution in [0.5, 0.6) is 34.5 Å². The first kappa shape index (κ1) is 23.5. The molecule has 0 atom stereocenters. The summed E-state index contributed by atoms with van der Waals surface area (Å²) < 4.78 is 31.7. The smallest absolute Gasteiger partial charge is 0.343 e. The minimum Gasteiger partial charge on any atom is -0.497 e. The Morgan fingerprint density at radius 1 is 0.545 bits per heavy atom. The Bertz CT molecular complexity index is 1120. The molecule has 0 aliphatic heterocycles. The molecule has 172 valence electrons. The van der Waals surface area contributed by atoms with Gasteiger partial charge in [0.05, 0.1) is 39.6 Å². The largest absolute Gasteiger partial charge is 0.497 e. The maximum atomic E-state index is 12.6. The lowest BCUT2D eigenvalue weighted by atomic mass is 10.2. The van der Waals surface area contributed by atoms with E-state index in [9.17, 15) is 9.59 Å². The van der Waals surface area contributed by atoms with Crippen LogP contribution in [0.15, 0.2) is 54.6 Å². The van der Waals surface area contributed by atoms with Crippen LogP contribution < -0.4 is 28.4 Å². The molecule has 0 aromatic heterocycles. The summed E-state index contributed by atoms with van der Waals surface area (Å²) in [6.45, 7) is 1.74. The molecule has 0 saturated carbocycles. The normalized spacial score (nSPS) is 10.2. The SMILES string of the molecule is COc1cc(OC)cc(C(=O)Oc2ccc(OC(=O)c3cc(OC)cc(OC)c3)c(C)c2)c1. The molecule has 3 aromatic carbocycles. The van der Waals surface area contributed by atoms with Gasteiger partial charge in [-0.05, 0) is 55.0 Å². The Kier molecular flexibility index (Phi) is 7.40. The number of esters is 2. The fraction of sp³-hybridized carbons (Fsp3) is 0.200. The van der Waals surface area contributed by atoms with E-state index in [1.807, 2.05) is 0 Å². The number of carbonyl (C=O) groups is 2. The molecule has 0 spiro atoms. The quantitative estimate of drug-likeness (QED) is 0.365. The van der Waals surface area contributed by atoms with Crippen molar-refractivity contribution in [2.45, 2.75) is 6.92 Å². The fourth-order valence-corrected chi connectivity index (χ4v) is 2.98. The summed E-state index contributed by atoms with van der Waals surface area (Å²) in [6, 6.07) is 14.2. The number of methoxy groups -OCH3 is 4. The summed E-state index contributed by atoms with van der Waals surface area (Å²) in [5, 5.41) is 0. The molecule has 0 unspecified atom stereocenters. The molecule has 0 amide bonds. The Morgan fingerprint density at radius 3 is 1.36 bits per heavy atom. The molecular formula is C25H24O8. The van der Waals surface area contributed by atoms with Crippen molar-refractivity contribution in [3.63, 3.8) is 0 Å². The van der Waals surface area contributed by atoms with Crippen molar-refractivity contribution in [3.05, 3.63) is 71.3 Å². The maximum Gasteiger partial charge on any atom is 0.343 e. The van der Waals surface area contributed by atoms with E-state index in [-0.39, 0.29) is 11.1 Å². The first-order chi connectivity index (χ1) is 15.9. The van der Waals surface area contributed by atoms with E-state index in [2.05, 4.69) is 0 Å². The van der Waals surface area contributed by atoms with Crippen LogP contribution in [-0.2, 0) is 0 Å². The van der Waals surface area contributed by atoms with Gasteiger partial charge in [-0.1, -0.05) is 0 Å². The lowest BCUT2D eigenvalue weighted by molar-refractivity contribution is 0.0718. The van der Waals surface area contributed by atoms with Gasteiger partial charge >= 0.3 is 11.9 Å². The monoisotopic (exact) mass is 452 g/mol. The molecule has 8 nitrogen and oxygen atoms in total. The second kappa shape index (κ2) is 10.4. The second-order valence-corrected chi connectivity index (χ2v) is 6.91. The second-order valence-electron chi connectivity index (χ2n) is 6.91. The standard InChI is InChI=1S/C25H24O8/c1-15-8-18(32-24(26)16-9-19(28-2)13-20(10-16)29-3)6-7-23(15)33-25(27)17-11-21(30-4)14-22(12-17)31-5/h6-14H,1-5H3. The molecule has 0 N–H and O–H groups in total. The molecule has 8 heteroatoms. The summed E-state index contributed by atoms with van der Waals surface area (Å²) >= 11 is 0. The first-order valence-corrected chi connectivity index (χ1v) is 9.88. The molecule has 3 rings (SSSR count). The zero-order valence-electron chi connectivity index (χ0n) is 19.0. The van der Waals surface area contributed by atoms with Crippen LogP contribution in [0, 0.1) is 6.92 Å². The molecule has 0 aliphatic rings. The minimum absolute atomic E-state index is 0.270. The summed E-state index contributed by atoms with van der Waals surface area (Å²) in [4.78, 5) is 25.2. The Morgan fingerprint density at radius 2 is 0.970 bits per heavy atom. The fourth-order valence-electron chi connectivity index (χ4n) is 2.98. The molecule has 0 bridgehead atoms. The number of benzene rings is 3. The van der Waals surface area contributed by atoms with E-state index in [0.717, 1.165) is 0 Å². The maximum absolute atomic E-state index is 12.6. The summed E-state index contributed by atoms with van der Waals surface area (Å²) in [6.07, 6.45) is 0. The van der Waals surface area contributed by atoms with Crippen molar-refractivity contribution in [2.24, 2.45) is 0 Å². The number of hydrogen-bond donors (Lipinski definition) is 0. The van der Waals surface area contributed by atoms with Crippen LogP contribution in [0.1, 0.15) is 26.3 Å². The van der Waals surface area contributed by atoms with Crippen LogP contribution in [0.25, 0.3) is 0 Å². The Hall–Kier alpha value is -4.20. The molecule has 0 fully saturated rings. The van der Waals surface area contributed by atoms with Crippen LogP contribution >= 0.6 is 0 Å². The van der Waals surface area contributed by atoms with Crippen LogP contribution in [0.4, 0.5) is 0 Å². The third kappa shape index (κ3) is 5.74. The van der Waals surface area contributed by atoms with Gasteiger partial charge in [-0.3, -0.25) is 0 Å². The molecule has 0 saturated heterocycles. The predicted molar refractivity (Wildman–Crippen MR) is 120 cm³/mol. The highest BCUT2D eigenvalue weighted by atomic mass is 16.5. The number of ether oxygens (including phenoxy) is 6. The third-order valence-electron chi connectivity index (χ3n) is 4.73. The summed E-state index contributed by atoms with van der Waals surface area (Å²) in [5.74, 6) is 1.32. The molecule has 0 heterocycles. The lowest BCUT2D eigenvalue weighted by Gasteiger charge is -2.12. The highest BCUT2D eigenvalue weighted by Crippen LogP contribution is 2.28. The zero-order valence-corrected chi connectivity index (χ0v) is 19.0. The molecular weight excluding hydrogens is 428 g/mol.